The number of rotatable bonds is 2. The molecule has 8 nitrogen and oxygen atoms in total. The van der Waals surface area contributed by atoms with Gasteiger partial charge in [-0.05, 0) is 18.6 Å². The summed E-state index contributed by atoms with van der Waals surface area (Å²) in [7, 11) is -2.40. The van der Waals surface area contributed by atoms with Gasteiger partial charge < -0.3 is 9.73 Å². The normalized spacial score (nSPS) is 27.6. The highest BCUT2D eigenvalue weighted by atomic mass is 32.2. The molecule has 2 aliphatic heterocycles. The summed E-state index contributed by atoms with van der Waals surface area (Å²) in [4.78, 5) is 24.6. The van der Waals surface area contributed by atoms with Crippen LogP contribution in [-0.4, -0.2) is 55.2 Å². The molecule has 3 rings (SSSR count). The van der Waals surface area contributed by atoms with Crippen molar-refractivity contribution in [2.24, 2.45) is 0 Å². The lowest BCUT2D eigenvalue weighted by Crippen LogP contribution is -2.49. The molecule has 0 radical (unpaired) electrons. The van der Waals surface area contributed by atoms with Crippen LogP contribution < -0.4 is 5.32 Å². The number of carbonyl (C=O) groups excluding carboxylic acids is 2. The van der Waals surface area contributed by atoms with E-state index in [1.54, 1.807) is 0 Å². The summed E-state index contributed by atoms with van der Waals surface area (Å²) in [5, 5.41) is 2.41. The molecular weight excluding hydrogens is 286 g/mol. The average molecular weight is 299 g/mol. The van der Waals surface area contributed by atoms with Crippen LogP contribution in [0.5, 0.6) is 0 Å². The van der Waals surface area contributed by atoms with Gasteiger partial charge in [-0.1, -0.05) is 0 Å². The fourth-order valence-corrected chi connectivity index (χ4v) is 3.95. The van der Waals surface area contributed by atoms with E-state index in [-0.39, 0.29) is 24.6 Å². The van der Waals surface area contributed by atoms with Gasteiger partial charge in [0.2, 0.25) is 5.09 Å². The third kappa shape index (κ3) is 1.66. The molecule has 0 saturated carbocycles. The molecule has 108 valence electrons. The number of hydrogen-bond acceptors (Lipinski definition) is 5. The number of furan rings is 1. The Morgan fingerprint density at radius 2 is 2.15 bits per heavy atom. The number of sulfonamides is 1. The Morgan fingerprint density at radius 3 is 2.70 bits per heavy atom. The van der Waals surface area contributed by atoms with Crippen molar-refractivity contribution in [1.82, 2.24) is 14.5 Å². The van der Waals surface area contributed by atoms with Gasteiger partial charge in [-0.25, -0.2) is 13.2 Å². The van der Waals surface area contributed by atoms with Crippen molar-refractivity contribution in [2.45, 2.75) is 17.1 Å². The molecule has 0 bridgehead atoms. The van der Waals surface area contributed by atoms with E-state index >= 15 is 0 Å². The Balaban J connectivity index is 1.88. The molecule has 1 spiro atoms. The highest BCUT2D eigenvalue weighted by Gasteiger charge is 2.55. The zero-order chi connectivity index (χ0) is 14.5. The third-order valence-electron chi connectivity index (χ3n) is 3.69. The lowest BCUT2D eigenvalue weighted by atomic mass is 9.99. The topological polar surface area (TPSA) is 99.9 Å². The minimum atomic E-state index is -3.77. The quantitative estimate of drug-likeness (QED) is 0.749. The number of likely N-dealkylation sites (N-methyl/N-ethyl adjacent to an activating group) is 1. The van der Waals surface area contributed by atoms with Crippen LogP contribution >= 0.6 is 0 Å². The molecule has 1 unspecified atom stereocenters. The Hall–Kier alpha value is -1.87. The van der Waals surface area contributed by atoms with Crippen molar-refractivity contribution in [1.29, 1.82) is 0 Å². The van der Waals surface area contributed by atoms with E-state index in [0.29, 0.717) is 0 Å². The van der Waals surface area contributed by atoms with E-state index in [1.165, 1.54) is 25.4 Å². The van der Waals surface area contributed by atoms with E-state index in [1.807, 2.05) is 0 Å². The second-order valence-electron chi connectivity index (χ2n) is 4.90. The fraction of sp³-hybridized carbons (Fsp3) is 0.455. The Labute approximate surface area is 115 Å². The van der Waals surface area contributed by atoms with Gasteiger partial charge in [0.05, 0.1) is 6.26 Å². The van der Waals surface area contributed by atoms with Gasteiger partial charge in [-0.2, -0.15) is 4.31 Å². The zero-order valence-electron chi connectivity index (χ0n) is 10.7. The molecule has 2 saturated heterocycles. The van der Waals surface area contributed by atoms with Gasteiger partial charge in [-0.15, -0.1) is 0 Å². The van der Waals surface area contributed by atoms with Crippen LogP contribution in [0.4, 0.5) is 4.79 Å². The second kappa shape index (κ2) is 4.06. The van der Waals surface area contributed by atoms with Crippen LogP contribution in [0.1, 0.15) is 6.42 Å². The van der Waals surface area contributed by atoms with Gasteiger partial charge in [0.15, 0.2) is 0 Å². The molecule has 2 aliphatic rings. The van der Waals surface area contributed by atoms with Crippen LogP contribution in [-0.2, 0) is 14.8 Å². The minimum absolute atomic E-state index is 0.0784. The standard InChI is InChI=1S/C11H13N3O5S/c1-13-9(15)11(12-10(13)16)4-5-14(7-11)20(17,18)8-3-2-6-19-8/h2-3,6H,4-5,7H2,1H3,(H,12,16). The van der Waals surface area contributed by atoms with E-state index in [9.17, 15) is 18.0 Å². The first-order chi connectivity index (χ1) is 9.37. The lowest BCUT2D eigenvalue weighted by Gasteiger charge is -2.20. The van der Waals surface area contributed by atoms with Gasteiger partial charge in [-0.3, -0.25) is 9.69 Å². The molecule has 1 aromatic heterocycles. The van der Waals surface area contributed by atoms with Crippen LogP contribution in [0.2, 0.25) is 0 Å². The summed E-state index contributed by atoms with van der Waals surface area (Å²) in [6, 6.07) is 2.32. The van der Waals surface area contributed by atoms with Crippen molar-refractivity contribution in [3.8, 4) is 0 Å². The third-order valence-corrected chi connectivity index (χ3v) is 5.42. The van der Waals surface area contributed by atoms with Crippen molar-refractivity contribution in [2.75, 3.05) is 20.1 Å². The smallest absolute Gasteiger partial charge is 0.324 e. The molecule has 0 aliphatic carbocycles. The number of carbonyl (C=O) groups is 2. The summed E-state index contributed by atoms with van der Waals surface area (Å²) in [6.07, 6.45) is 1.52. The predicted octanol–water partition coefficient (Wildman–Crippen LogP) is -0.406. The summed E-state index contributed by atoms with van der Waals surface area (Å²) >= 11 is 0. The molecule has 3 heterocycles. The minimum Gasteiger partial charge on any atom is -0.452 e. The number of hydrogen-bond donors (Lipinski definition) is 1. The Kier molecular flexibility index (Phi) is 2.67. The van der Waals surface area contributed by atoms with Gasteiger partial charge in [0.25, 0.3) is 15.9 Å². The van der Waals surface area contributed by atoms with Gasteiger partial charge in [0.1, 0.15) is 5.54 Å². The summed E-state index contributed by atoms with van der Waals surface area (Å²) in [5.74, 6) is -0.403. The van der Waals surface area contributed by atoms with E-state index in [0.717, 1.165) is 9.21 Å². The number of nitrogens with zero attached hydrogens (tertiary/aromatic N) is 2. The van der Waals surface area contributed by atoms with Crippen molar-refractivity contribution in [3.05, 3.63) is 18.4 Å². The molecular formula is C11H13N3O5S. The molecule has 9 heteroatoms. The molecule has 1 N–H and O–H groups in total. The highest BCUT2D eigenvalue weighted by molar-refractivity contribution is 7.89. The zero-order valence-corrected chi connectivity index (χ0v) is 11.5. The van der Waals surface area contributed by atoms with Crippen LogP contribution in [0.25, 0.3) is 0 Å². The number of imide groups is 1. The van der Waals surface area contributed by atoms with Crippen LogP contribution in [0.3, 0.4) is 0 Å². The van der Waals surface area contributed by atoms with E-state index in [4.69, 9.17) is 4.42 Å². The summed E-state index contributed by atoms with van der Waals surface area (Å²) in [6.45, 7) is 0.0772. The lowest BCUT2D eigenvalue weighted by molar-refractivity contribution is -0.129. The number of amides is 3. The predicted molar refractivity (Wildman–Crippen MR) is 66.1 cm³/mol. The Morgan fingerprint density at radius 1 is 1.40 bits per heavy atom. The molecule has 1 atom stereocenters. The maximum Gasteiger partial charge on any atom is 0.324 e. The maximum atomic E-state index is 12.3. The van der Waals surface area contributed by atoms with E-state index < -0.39 is 27.5 Å². The first kappa shape index (κ1) is 13.1. The molecule has 1 aromatic rings. The van der Waals surface area contributed by atoms with E-state index in [2.05, 4.69) is 5.32 Å². The maximum absolute atomic E-state index is 12.3. The van der Waals surface area contributed by atoms with Crippen molar-refractivity contribution in [3.63, 3.8) is 0 Å². The largest absolute Gasteiger partial charge is 0.452 e. The highest BCUT2D eigenvalue weighted by Crippen LogP contribution is 2.31. The Bertz CT molecular complexity index is 668. The number of urea groups is 1. The van der Waals surface area contributed by atoms with Gasteiger partial charge >= 0.3 is 6.03 Å². The summed E-state index contributed by atoms with van der Waals surface area (Å²) in [5.41, 5.74) is -1.15. The second-order valence-corrected chi connectivity index (χ2v) is 6.77. The molecule has 20 heavy (non-hydrogen) atoms. The van der Waals surface area contributed by atoms with Crippen LogP contribution in [0.15, 0.2) is 27.9 Å². The van der Waals surface area contributed by atoms with Crippen molar-refractivity contribution >= 4 is 22.0 Å². The fourth-order valence-electron chi connectivity index (χ4n) is 2.55. The first-order valence-electron chi connectivity index (χ1n) is 6.01. The summed E-state index contributed by atoms with van der Waals surface area (Å²) < 4.78 is 30.7. The monoisotopic (exact) mass is 299 g/mol. The van der Waals surface area contributed by atoms with Gasteiger partial charge in [0, 0.05) is 20.1 Å². The molecule has 0 aromatic carbocycles. The first-order valence-corrected chi connectivity index (χ1v) is 7.45. The average Bonchev–Trinajstić information content (AvgIpc) is 3.10. The number of nitrogens with one attached hydrogen (secondary N) is 1. The molecule has 2 fully saturated rings. The molecule has 3 amide bonds. The van der Waals surface area contributed by atoms with Crippen LogP contribution in [0, 0.1) is 0 Å². The SMILES string of the molecule is CN1C(=O)NC2(CCN(S(=O)(=O)c3ccco3)C2)C1=O. The van der Waals surface area contributed by atoms with Crippen molar-refractivity contribution < 1.29 is 22.4 Å².